The molecule has 0 saturated heterocycles. The zero-order chi connectivity index (χ0) is 19.3. The van der Waals surface area contributed by atoms with Gasteiger partial charge in [0.05, 0.1) is 4.90 Å². The minimum Gasteiger partial charge on any atom is -0.323 e. The van der Waals surface area contributed by atoms with Crippen molar-refractivity contribution in [1.29, 1.82) is 0 Å². The highest BCUT2D eigenvalue weighted by Gasteiger charge is 2.15. The molecule has 0 aliphatic carbocycles. The van der Waals surface area contributed by atoms with Gasteiger partial charge in [0.1, 0.15) is 5.82 Å². The van der Waals surface area contributed by atoms with Crippen LogP contribution >= 0.6 is 11.3 Å². The molecule has 0 fully saturated rings. The second-order valence-electron chi connectivity index (χ2n) is 5.31. The highest BCUT2D eigenvalue weighted by molar-refractivity contribution is 7.93. The third-order valence-corrected chi connectivity index (χ3v) is 5.58. The lowest BCUT2D eigenvalue weighted by Gasteiger charge is -2.07. The number of hydrogen-bond acceptors (Lipinski definition) is 5. The van der Waals surface area contributed by atoms with E-state index in [1.54, 1.807) is 23.6 Å². The molecule has 1 aromatic heterocycles. The second kappa shape index (κ2) is 8.11. The Morgan fingerprint density at radius 2 is 1.85 bits per heavy atom. The van der Waals surface area contributed by atoms with Crippen LogP contribution in [0.25, 0.3) is 6.08 Å². The first-order chi connectivity index (χ1) is 12.9. The van der Waals surface area contributed by atoms with Crippen LogP contribution in [-0.2, 0) is 14.8 Å². The van der Waals surface area contributed by atoms with Crippen molar-refractivity contribution in [3.63, 3.8) is 0 Å². The summed E-state index contributed by atoms with van der Waals surface area (Å²) in [6.07, 6.45) is 4.06. The van der Waals surface area contributed by atoms with E-state index in [1.807, 2.05) is 0 Å². The van der Waals surface area contributed by atoms with Gasteiger partial charge in [0, 0.05) is 28.9 Å². The van der Waals surface area contributed by atoms with E-state index in [0.717, 1.165) is 0 Å². The van der Waals surface area contributed by atoms with E-state index >= 15 is 0 Å². The van der Waals surface area contributed by atoms with Crippen LogP contribution in [0.3, 0.4) is 0 Å². The first-order valence-electron chi connectivity index (χ1n) is 7.70. The predicted octanol–water partition coefficient (Wildman–Crippen LogP) is 3.73. The Kier molecular flexibility index (Phi) is 5.63. The average Bonchev–Trinajstić information content (AvgIpc) is 3.14. The molecule has 0 spiro atoms. The molecule has 0 radical (unpaired) electrons. The first-order valence-corrected chi connectivity index (χ1v) is 10.1. The number of sulfonamides is 1. The van der Waals surface area contributed by atoms with Crippen LogP contribution in [0.1, 0.15) is 5.56 Å². The Morgan fingerprint density at radius 1 is 1.11 bits per heavy atom. The van der Waals surface area contributed by atoms with Crippen LogP contribution in [-0.4, -0.2) is 19.3 Å². The fourth-order valence-electron chi connectivity index (χ4n) is 2.12. The van der Waals surface area contributed by atoms with Crippen molar-refractivity contribution in [2.75, 3.05) is 10.0 Å². The van der Waals surface area contributed by atoms with Crippen molar-refractivity contribution in [3.05, 3.63) is 77.6 Å². The van der Waals surface area contributed by atoms with Crippen molar-refractivity contribution in [2.24, 2.45) is 0 Å². The van der Waals surface area contributed by atoms with Gasteiger partial charge in [0.2, 0.25) is 5.91 Å². The molecule has 138 valence electrons. The minimum absolute atomic E-state index is 0.0394. The molecule has 1 heterocycles. The summed E-state index contributed by atoms with van der Waals surface area (Å²) in [7, 11) is -3.75. The summed E-state index contributed by atoms with van der Waals surface area (Å²) in [5.41, 5.74) is 0.703. The number of rotatable bonds is 6. The van der Waals surface area contributed by atoms with Gasteiger partial charge >= 0.3 is 0 Å². The Morgan fingerprint density at radius 3 is 2.52 bits per heavy atom. The van der Waals surface area contributed by atoms with E-state index in [9.17, 15) is 17.6 Å². The molecule has 27 heavy (non-hydrogen) atoms. The Labute approximate surface area is 159 Å². The average molecular weight is 403 g/mol. The number of amides is 1. The lowest BCUT2D eigenvalue weighted by Crippen LogP contribution is -2.13. The number of benzene rings is 2. The molecule has 0 aliphatic heterocycles. The van der Waals surface area contributed by atoms with Crippen LogP contribution < -0.4 is 10.0 Å². The molecule has 3 rings (SSSR count). The zero-order valence-electron chi connectivity index (χ0n) is 13.8. The SMILES string of the molecule is O=C(C=Cc1ccccc1F)Nc1ccc(S(=O)(=O)Nc2nccs2)cc1. The predicted molar refractivity (Wildman–Crippen MR) is 103 cm³/mol. The van der Waals surface area contributed by atoms with E-state index in [-0.39, 0.29) is 10.0 Å². The monoisotopic (exact) mass is 403 g/mol. The lowest BCUT2D eigenvalue weighted by atomic mass is 10.2. The summed E-state index contributed by atoms with van der Waals surface area (Å²) >= 11 is 1.17. The summed E-state index contributed by atoms with van der Waals surface area (Å²) in [6.45, 7) is 0. The van der Waals surface area contributed by atoms with E-state index < -0.39 is 21.7 Å². The number of hydrogen-bond donors (Lipinski definition) is 2. The number of carbonyl (C=O) groups is 1. The highest BCUT2D eigenvalue weighted by Crippen LogP contribution is 2.19. The normalized spacial score (nSPS) is 11.4. The van der Waals surface area contributed by atoms with E-state index in [4.69, 9.17) is 0 Å². The standard InChI is InChI=1S/C18H14FN3O3S2/c19-16-4-2-1-3-13(16)5-10-17(23)21-14-6-8-15(9-7-14)27(24,25)22-18-20-11-12-26-18/h1-12H,(H,20,22)(H,21,23). The van der Waals surface area contributed by atoms with Gasteiger partial charge in [0.25, 0.3) is 10.0 Å². The third-order valence-electron chi connectivity index (χ3n) is 3.41. The van der Waals surface area contributed by atoms with Gasteiger partial charge in [-0.2, -0.15) is 0 Å². The Bertz CT molecular complexity index is 1060. The Balaban J connectivity index is 1.65. The van der Waals surface area contributed by atoms with Crippen molar-refractivity contribution >= 4 is 44.2 Å². The van der Waals surface area contributed by atoms with E-state index in [0.29, 0.717) is 11.3 Å². The summed E-state index contributed by atoms with van der Waals surface area (Å²) < 4.78 is 40.4. The number of carbonyl (C=O) groups excluding carboxylic acids is 1. The number of anilines is 2. The molecule has 0 saturated carbocycles. The lowest BCUT2D eigenvalue weighted by molar-refractivity contribution is -0.111. The molecule has 2 aromatic carbocycles. The smallest absolute Gasteiger partial charge is 0.263 e. The van der Waals surface area contributed by atoms with Crippen LogP contribution in [0.15, 0.2) is 71.1 Å². The maximum atomic E-state index is 13.5. The summed E-state index contributed by atoms with van der Waals surface area (Å²) in [5, 5.41) is 4.51. The maximum absolute atomic E-state index is 13.5. The van der Waals surface area contributed by atoms with Crippen molar-refractivity contribution < 1.29 is 17.6 Å². The summed E-state index contributed by atoms with van der Waals surface area (Å²) in [6, 6.07) is 11.7. The summed E-state index contributed by atoms with van der Waals surface area (Å²) in [5.74, 6) is -0.890. The molecular weight excluding hydrogens is 389 g/mol. The van der Waals surface area contributed by atoms with Gasteiger partial charge in [-0.05, 0) is 36.4 Å². The first kappa shape index (κ1) is 18.7. The molecule has 2 N–H and O–H groups in total. The van der Waals surface area contributed by atoms with Crippen molar-refractivity contribution in [3.8, 4) is 0 Å². The fraction of sp³-hybridized carbons (Fsp3) is 0. The fourth-order valence-corrected chi connectivity index (χ4v) is 3.91. The molecule has 0 aliphatic rings. The van der Waals surface area contributed by atoms with Crippen molar-refractivity contribution in [2.45, 2.75) is 4.90 Å². The van der Waals surface area contributed by atoms with Crippen LogP contribution in [0.2, 0.25) is 0 Å². The summed E-state index contributed by atoms with van der Waals surface area (Å²) in [4.78, 5) is 15.8. The van der Waals surface area contributed by atoms with E-state index in [1.165, 1.54) is 60.0 Å². The van der Waals surface area contributed by atoms with Gasteiger partial charge in [-0.25, -0.2) is 17.8 Å². The molecule has 9 heteroatoms. The topological polar surface area (TPSA) is 88.2 Å². The van der Waals surface area contributed by atoms with Crippen LogP contribution in [0.4, 0.5) is 15.2 Å². The number of nitrogens with one attached hydrogen (secondary N) is 2. The minimum atomic E-state index is -3.75. The molecule has 0 atom stereocenters. The Hall–Kier alpha value is -3.04. The molecule has 0 bridgehead atoms. The van der Waals surface area contributed by atoms with Gasteiger partial charge in [-0.3, -0.25) is 9.52 Å². The number of aromatic nitrogens is 1. The largest absolute Gasteiger partial charge is 0.323 e. The molecular formula is C18H14FN3O3S2. The second-order valence-corrected chi connectivity index (χ2v) is 7.89. The highest BCUT2D eigenvalue weighted by atomic mass is 32.2. The quantitative estimate of drug-likeness (QED) is 0.614. The van der Waals surface area contributed by atoms with Gasteiger partial charge in [-0.15, -0.1) is 11.3 Å². The van der Waals surface area contributed by atoms with E-state index in [2.05, 4.69) is 15.0 Å². The number of halogens is 1. The molecule has 3 aromatic rings. The van der Waals surface area contributed by atoms with Crippen LogP contribution in [0.5, 0.6) is 0 Å². The number of thiazole rings is 1. The maximum Gasteiger partial charge on any atom is 0.263 e. The van der Waals surface area contributed by atoms with Gasteiger partial charge < -0.3 is 5.32 Å². The van der Waals surface area contributed by atoms with Gasteiger partial charge in [-0.1, -0.05) is 18.2 Å². The zero-order valence-corrected chi connectivity index (χ0v) is 15.4. The molecule has 6 nitrogen and oxygen atoms in total. The molecule has 0 unspecified atom stereocenters. The number of nitrogens with zero attached hydrogens (tertiary/aromatic N) is 1. The third kappa shape index (κ3) is 4.99. The van der Waals surface area contributed by atoms with Gasteiger partial charge in [0.15, 0.2) is 5.13 Å². The van der Waals surface area contributed by atoms with Crippen molar-refractivity contribution in [1.82, 2.24) is 4.98 Å². The molecule has 1 amide bonds. The van der Waals surface area contributed by atoms with Crippen LogP contribution in [0, 0.1) is 5.82 Å².